The van der Waals surface area contributed by atoms with Gasteiger partial charge in [-0.05, 0) is 12.8 Å². The van der Waals surface area contributed by atoms with Crippen LogP contribution in [0.15, 0.2) is 0 Å². The Morgan fingerprint density at radius 2 is 2.07 bits per heavy atom. The Labute approximate surface area is 89.9 Å². The van der Waals surface area contributed by atoms with Crippen molar-refractivity contribution in [3.05, 3.63) is 0 Å². The Hall–Kier alpha value is -0.900. The monoisotopic (exact) mass is 214 g/mol. The van der Waals surface area contributed by atoms with Crippen LogP contribution in [0.3, 0.4) is 0 Å². The Morgan fingerprint density at radius 3 is 2.67 bits per heavy atom. The molecule has 0 amide bonds. The normalized spacial score (nSPS) is 23.5. The van der Waals surface area contributed by atoms with E-state index in [4.69, 9.17) is 4.74 Å². The molecule has 0 aliphatic carbocycles. The summed E-state index contributed by atoms with van der Waals surface area (Å²) in [7, 11) is 1.41. The van der Waals surface area contributed by atoms with Crippen LogP contribution in [0.25, 0.3) is 0 Å². The van der Waals surface area contributed by atoms with Gasteiger partial charge in [-0.3, -0.25) is 4.79 Å². The van der Waals surface area contributed by atoms with Crippen LogP contribution in [0.4, 0.5) is 0 Å². The number of methoxy groups -OCH3 is 1. The van der Waals surface area contributed by atoms with E-state index in [2.05, 4.69) is 4.74 Å². The van der Waals surface area contributed by atoms with Gasteiger partial charge < -0.3 is 14.3 Å². The summed E-state index contributed by atoms with van der Waals surface area (Å²) in [6.45, 7) is 0. The molecule has 1 saturated heterocycles. The van der Waals surface area contributed by atoms with Gasteiger partial charge in [0, 0.05) is 6.42 Å². The molecule has 0 N–H and O–H groups in total. The molecule has 1 rings (SSSR count). The van der Waals surface area contributed by atoms with E-state index in [0.29, 0.717) is 6.42 Å². The topological polar surface area (TPSA) is 55.9 Å². The number of esters is 1. The molecule has 0 bridgehead atoms. The average molecular weight is 214 g/mol. The van der Waals surface area contributed by atoms with Gasteiger partial charge in [0.15, 0.2) is 6.29 Å². The Morgan fingerprint density at radius 1 is 1.33 bits per heavy atom. The van der Waals surface area contributed by atoms with Crippen molar-refractivity contribution in [3.63, 3.8) is 0 Å². The van der Waals surface area contributed by atoms with Crippen LogP contribution in [-0.2, 0) is 19.1 Å². The minimum absolute atomic E-state index is 0.137. The van der Waals surface area contributed by atoms with Crippen LogP contribution in [0.2, 0.25) is 0 Å². The molecule has 0 aromatic carbocycles. The van der Waals surface area contributed by atoms with Crippen molar-refractivity contribution in [3.8, 4) is 0 Å². The van der Waals surface area contributed by atoms with Crippen molar-refractivity contribution < 1.29 is 19.1 Å². The van der Waals surface area contributed by atoms with Gasteiger partial charge in [0.2, 0.25) is 0 Å². The van der Waals surface area contributed by atoms with Gasteiger partial charge >= 0.3 is 5.97 Å². The first kappa shape index (κ1) is 12.2. The van der Waals surface area contributed by atoms with E-state index >= 15 is 0 Å². The molecule has 2 atom stereocenters. The van der Waals surface area contributed by atoms with Gasteiger partial charge in [0.25, 0.3) is 0 Å². The first-order valence-corrected chi connectivity index (χ1v) is 5.45. The number of ether oxygens (including phenoxy) is 2. The Kier molecular flexibility index (Phi) is 5.32. The molecule has 86 valence electrons. The van der Waals surface area contributed by atoms with Crippen LogP contribution in [0, 0.1) is 0 Å². The fourth-order valence-corrected chi connectivity index (χ4v) is 1.58. The minimum Gasteiger partial charge on any atom is -0.469 e. The molecule has 0 saturated carbocycles. The number of hydrogen-bond donors (Lipinski definition) is 0. The summed E-state index contributed by atoms with van der Waals surface area (Å²) in [5.41, 5.74) is 0. The summed E-state index contributed by atoms with van der Waals surface area (Å²) in [5, 5.41) is 0. The maximum atomic E-state index is 10.8. The number of unbranched alkanes of at least 4 members (excludes halogenated alkanes) is 3. The molecule has 0 aromatic heterocycles. The van der Waals surface area contributed by atoms with Crippen LogP contribution in [0.1, 0.15) is 38.5 Å². The zero-order valence-electron chi connectivity index (χ0n) is 9.11. The molecular weight excluding hydrogens is 196 g/mol. The van der Waals surface area contributed by atoms with Crippen LogP contribution in [-0.4, -0.2) is 31.6 Å². The van der Waals surface area contributed by atoms with Crippen molar-refractivity contribution in [2.24, 2.45) is 0 Å². The minimum atomic E-state index is -0.139. The molecule has 4 nitrogen and oxygen atoms in total. The molecule has 1 fully saturated rings. The van der Waals surface area contributed by atoms with Gasteiger partial charge in [-0.1, -0.05) is 19.3 Å². The lowest BCUT2D eigenvalue weighted by Crippen LogP contribution is -1.99. The van der Waals surface area contributed by atoms with Crippen molar-refractivity contribution in [2.45, 2.75) is 50.7 Å². The third-order valence-corrected chi connectivity index (χ3v) is 2.60. The van der Waals surface area contributed by atoms with Gasteiger partial charge in [0.05, 0.1) is 13.2 Å². The number of hydrogen-bond acceptors (Lipinski definition) is 4. The largest absolute Gasteiger partial charge is 0.469 e. The van der Waals surface area contributed by atoms with Crippen molar-refractivity contribution in [2.75, 3.05) is 7.11 Å². The Bertz CT molecular complexity index is 215. The van der Waals surface area contributed by atoms with E-state index in [-0.39, 0.29) is 18.2 Å². The van der Waals surface area contributed by atoms with Crippen LogP contribution < -0.4 is 0 Å². The summed E-state index contributed by atoms with van der Waals surface area (Å²) >= 11 is 0. The van der Waals surface area contributed by atoms with Crippen molar-refractivity contribution in [1.82, 2.24) is 0 Å². The molecule has 0 spiro atoms. The molecule has 15 heavy (non-hydrogen) atoms. The third-order valence-electron chi connectivity index (χ3n) is 2.60. The SMILES string of the molecule is COC(=O)CCCCCC[C@@H]1O[C@H]1C=O. The first-order valence-electron chi connectivity index (χ1n) is 5.45. The van der Waals surface area contributed by atoms with Gasteiger partial charge in [-0.25, -0.2) is 0 Å². The van der Waals surface area contributed by atoms with Gasteiger partial charge in [-0.2, -0.15) is 0 Å². The molecule has 4 heteroatoms. The van der Waals surface area contributed by atoms with Crippen molar-refractivity contribution >= 4 is 12.3 Å². The maximum absolute atomic E-state index is 10.8. The van der Waals surface area contributed by atoms with E-state index < -0.39 is 0 Å². The first-order chi connectivity index (χ1) is 7.27. The van der Waals surface area contributed by atoms with Crippen LogP contribution >= 0.6 is 0 Å². The standard InChI is InChI=1S/C11H18O4/c1-14-11(13)7-5-3-2-4-6-9-10(8-12)15-9/h8-10H,2-7H2,1H3/t9-,10-/m0/s1. The molecule has 1 aliphatic heterocycles. The predicted octanol–water partition coefficient (Wildman–Crippen LogP) is 1.47. The second kappa shape index (κ2) is 6.56. The quantitative estimate of drug-likeness (QED) is 0.266. The van der Waals surface area contributed by atoms with E-state index in [1.165, 1.54) is 7.11 Å². The lowest BCUT2D eigenvalue weighted by molar-refractivity contribution is -0.140. The maximum Gasteiger partial charge on any atom is 0.305 e. The van der Waals surface area contributed by atoms with Crippen LogP contribution in [0.5, 0.6) is 0 Å². The average Bonchev–Trinajstić information content (AvgIpc) is 3.01. The second-order valence-corrected chi connectivity index (χ2v) is 3.80. The van der Waals surface area contributed by atoms with Gasteiger partial charge in [0.1, 0.15) is 6.10 Å². The fraction of sp³-hybridized carbons (Fsp3) is 0.818. The predicted molar refractivity (Wildman–Crippen MR) is 54.4 cm³/mol. The number of carbonyl (C=O) groups is 2. The fourth-order valence-electron chi connectivity index (χ4n) is 1.58. The summed E-state index contributed by atoms with van der Waals surface area (Å²) in [6, 6.07) is 0. The number of epoxide rings is 1. The molecule has 0 aromatic rings. The molecular formula is C11H18O4. The zero-order chi connectivity index (χ0) is 11.1. The highest BCUT2D eigenvalue weighted by Crippen LogP contribution is 2.25. The lowest BCUT2D eigenvalue weighted by Gasteiger charge is -1.99. The van der Waals surface area contributed by atoms with E-state index in [1.807, 2.05) is 0 Å². The highest BCUT2D eigenvalue weighted by molar-refractivity contribution is 5.68. The van der Waals surface area contributed by atoms with E-state index in [1.54, 1.807) is 0 Å². The molecule has 0 radical (unpaired) electrons. The highest BCUT2D eigenvalue weighted by atomic mass is 16.6. The molecule has 1 aliphatic rings. The summed E-state index contributed by atoms with van der Waals surface area (Å²) in [4.78, 5) is 21.0. The van der Waals surface area contributed by atoms with E-state index in [0.717, 1.165) is 38.4 Å². The van der Waals surface area contributed by atoms with Gasteiger partial charge in [-0.15, -0.1) is 0 Å². The smallest absolute Gasteiger partial charge is 0.305 e. The van der Waals surface area contributed by atoms with E-state index in [9.17, 15) is 9.59 Å². The number of carbonyl (C=O) groups excluding carboxylic acids is 2. The highest BCUT2D eigenvalue weighted by Gasteiger charge is 2.37. The third kappa shape index (κ3) is 4.93. The Balaban J connectivity index is 1.82. The number of rotatable bonds is 8. The molecule has 1 heterocycles. The van der Waals surface area contributed by atoms with Crippen molar-refractivity contribution in [1.29, 1.82) is 0 Å². The lowest BCUT2D eigenvalue weighted by atomic mass is 10.1. The second-order valence-electron chi connectivity index (χ2n) is 3.80. The summed E-state index contributed by atoms with van der Waals surface area (Å²) < 4.78 is 9.62. The summed E-state index contributed by atoms with van der Waals surface area (Å²) in [6.07, 6.45) is 6.43. The zero-order valence-corrected chi connectivity index (χ0v) is 9.11. The number of aldehydes is 1. The molecule has 0 unspecified atom stereocenters. The summed E-state index contributed by atoms with van der Waals surface area (Å²) in [5.74, 6) is -0.137.